The van der Waals surface area contributed by atoms with Gasteiger partial charge in [-0.15, -0.1) is 0 Å². The Morgan fingerprint density at radius 3 is 2.57 bits per heavy atom. The van der Waals surface area contributed by atoms with Crippen LogP contribution in [0.2, 0.25) is 0 Å². The minimum absolute atomic E-state index is 0.0667. The van der Waals surface area contributed by atoms with Crippen molar-refractivity contribution in [1.29, 1.82) is 0 Å². The number of rotatable bonds is 8. The summed E-state index contributed by atoms with van der Waals surface area (Å²) in [5.74, 6) is 2.92. The third-order valence-electron chi connectivity index (χ3n) is 5.93. The Kier molecular flexibility index (Phi) is 8.34. The van der Waals surface area contributed by atoms with Gasteiger partial charge in [0.05, 0.1) is 30.9 Å². The minimum atomic E-state index is -1.41. The highest BCUT2D eigenvalue weighted by Gasteiger charge is 2.40. The first-order valence-electron chi connectivity index (χ1n) is 11.2. The van der Waals surface area contributed by atoms with Crippen molar-refractivity contribution in [2.45, 2.75) is 50.9 Å². The molecule has 0 spiro atoms. The lowest BCUT2D eigenvalue weighted by molar-refractivity contribution is -0.138. The summed E-state index contributed by atoms with van der Waals surface area (Å²) in [6, 6.07) is 3.57. The van der Waals surface area contributed by atoms with Crippen molar-refractivity contribution in [2.24, 2.45) is 11.6 Å². The van der Waals surface area contributed by atoms with Crippen LogP contribution < -0.4 is 22.3 Å². The summed E-state index contributed by atoms with van der Waals surface area (Å²) in [4.78, 5) is 30.9. The molecule has 3 rings (SSSR count). The van der Waals surface area contributed by atoms with E-state index in [2.05, 4.69) is 15.7 Å². The summed E-state index contributed by atoms with van der Waals surface area (Å²) in [5.41, 5.74) is 8.99. The lowest BCUT2D eigenvalue weighted by Crippen LogP contribution is -2.47. The van der Waals surface area contributed by atoms with Crippen LogP contribution in [0.5, 0.6) is 0 Å². The molecule has 0 radical (unpaired) electrons. The number of pyridine rings is 1. The number of alkyl halides is 1. The number of aromatic nitrogens is 1. The fourth-order valence-corrected chi connectivity index (χ4v) is 4.11. The second-order valence-corrected chi connectivity index (χ2v) is 8.72. The maximum atomic E-state index is 14.8. The lowest BCUT2D eigenvalue weighted by atomic mass is 9.95. The van der Waals surface area contributed by atoms with Crippen LogP contribution in [-0.2, 0) is 9.59 Å². The van der Waals surface area contributed by atoms with Gasteiger partial charge in [-0.2, -0.15) is 0 Å². The van der Waals surface area contributed by atoms with Gasteiger partial charge in [-0.1, -0.05) is 26.0 Å². The number of benzene rings is 1. The molecule has 0 aliphatic carbocycles. The van der Waals surface area contributed by atoms with Gasteiger partial charge >= 0.3 is 0 Å². The number of hydrogen-bond donors (Lipinski definition) is 4. The summed E-state index contributed by atoms with van der Waals surface area (Å²) in [5, 5.41) is 2.73. The number of nitrogens with zero attached hydrogens (tertiary/aromatic N) is 2. The van der Waals surface area contributed by atoms with Crippen LogP contribution in [0.15, 0.2) is 48.6 Å². The van der Waals surface area contributed by atoms with Gasteiger partial charge in [0, 0.05) is 24.4 Å². The monoisotopic (exact) mass is 490 g/mol. The van der Waals surface area contributed by atoms with Gasteiger partial charge in [0.15, 0.2) is 0 Å². The summed E-state index contributed by atoms with van der Waals surface area (Å²) >= 11 is 0. The molecule has 188 valence electrons. The normalized spacial score (nSPS) is 19.1. The molecule has 6 N–H and O–H groups in total. The van der Waals surface area contributed by atoms with Gasteiger partial charge in [-0.05, 0) is 29.2 Å². The van der Waals surface area contributed by atoms with E-state index >= 15 is 0 Å². The maximum absolute atomic E-state index is 14.8. The van der Waals surface area contributed by atoms with Gasteiger partial charge in [0.1, 0.15) is 23.8 Å². The van der Waals surface area contributed by atoms with Crippen LogP contribution in [0.4, 0.5) is 13.2 Å². The van der Waals surface area contributed by atoms with E-state index in [9.17, 15) is 22.8 Å². The number of carbonyl (C=O) groups excluding carboxylic acids is 2. The first-order chi connectivity index (χ1) is 16.6. The van der Waals surface area contributed by atoms with Crippen molar-refractivity contribution in [2.75, 3.05) is 6.54 Å². The van der Waals surface area contributed by atoms with Crippen LogP contribution in [0, 0.1) is 11.6 Å². The first-order valence-corrected chi connectivity index (χ1v) is 11.2. The van der Waals surface area contributed by atoms with Crippen molar-refractivity contribution in [1.82, 2.24) is 20.6 Å². The lowest BCUT2D eigenvalue weighted by Gasteiger charge is -2.27. The fraction of sp³-hybridized carbons (Fsp3) is 0.375. The average molecular weight is 491 g/mol. The van der Waals surface area contributed by atoms with Gasteiger partial charge in [-0.3, -0.25) is 20.4 Å². The second-order valence-electron chi connectivity index (χ2n) is 8.72. The Balaban J connectivity index is 1.91. The van der Waals surface area contributed by atoms with Crippen LogP contribution in [0.25, 0.3) is 0 Å². The van der Waals surface area contributed by atoms with Crippen LogP contribution >= 0.6 is 0 Å². The Morgan fingerprint density at radius 1 is 1.23 bits per heavy atom. The molecular weight excluding hydrogens is 461 g/mol. The molecule has 1 fully saturated rings. The van der Waals surface area contributed by atoms with E-state index in [-0.39, 0.29) is 36.6 Å². The molecule has 11 heteroatoms. The third kappa shape index (κ3) is 6.10. The van der Waals surface area contributed by atoms with Crippen molar-refractivity contribution >= 4 is 11.8 Å². The topological polar surface area (TPSA) is 126 Å². The average Bonchev–Trinajstić information content (AvgIpc) is 3.22. The molecule has 3 atom stereocenters. The number of likely N-dealkylation sites (tertiary alicyclic amines) is 1. The smallest absolute Gasteiger partial charge is 0.243 e. The molecule has 0 saturated carbocycles. The van der Waals surface area contributed by atoms with Gasteiger partial charge < -0.3 is 21.4 Å². The molecule has 1 aliphatic heterocycles. The van der Waals surface area contributed by atoms with Crippen LogP contribution in [0.3, 0.4) is 0 Å². The zero-order valence-electron chi connectivity index (χ0n) is 19.5. The van der Waals surface area contributed by atoms with Crippen molar-refractivity contribution in [3.05, 3.63) is 76.9 Å². The molecule has 0 bridgehead atoms. The highest BCUT2D eigenvalue weighted by Crippen LogP contribution is 2.28. The largest absolute Gasteiger partial charge is 0.403 e. The standard InChI is InChI=1S/C24H29F3N6O2/c1-13(2)19-4-3-14(6-20(19)27)23(15-5-16(25)11-30-10-15)31-24(35)21-7-17(26)12-33(21)22(34)8-18(9-28)32-29/h3-6,9-11,13,17,21,23,32H,7-8,12,28-29H2,1-2H3,(H,31,35)/b18-9-/t17-,21+,23?/m1/s1. The Morgan fingerprint density at radius 2 is 1.97 bits per heavy atom. The number of amides is 2. The minimum Gasteiger partial charge on any atom is -0.403 e. The van der Waals surface area contributed by atoms with E-state index in [1.54, 1.807) is 12.1 Å². The highest BCUT2D eigenvalue weighted by atomic mass is 19.1. The van der Waals surface area contributed by atoms with Crippen molar-refractivity contribution in [3.63, 3.8) is 0 Å². The molecule has 2 aromatic rings. The third-order valence-corrected chi connectivity index (χ3v) is 5.93. The molecule has 1 saturated heterocycles. The molecule has 2 amide bonds. The number of carbonyl (C=O) groups is 2. The van der Waals surface area contributed by atoms with E-state index in [1.165, 1.54) is 18.3 Å². The van der Waals surface area contributed by atoms with E-state index in [1.807, 2.05) is 13.8 Å². The number of nitrogens with two attached hydrogens (primary N) is 2. The Labute approximate surface area is 201 Å². The van der Waals surface area contributed by atoms with Crippen LogP contribution in [0.1, 0.15) is 55.3 Å². The number of hydrazine groups is 1. The molecule has 1 aromatic heterocycles. The second kappa shape index (κ2) is 11.2. The van der Waals surface area contributed by atoms with Gasteiger partial charge in [-0.25, -0.2) is 13.2 Å². The first kappa shape index (κ1) is 26.0. The quantitative estimate of drug-likeness (QED) is 0.332. The predicted molar refractivity (Wildman–Crippen MR) is 124 cm³/mol. The van der Waals surface area contributed by atoms with Crippen LogP contribution in [-0.4, -0.2) is 40.5 Å². The van der Waals surface area contributed by atoms with Gasteiger partial charge in [0.25, 0.3) is 0 Å². The number of hydrogen-bond acceptors (Lipinski definition) is 6. The maximum Gasteiger partial charge on any atom is 0.243 e. The highest BCUT2D eigenvalue weighted by molar-refractivity contribution is 5.89. The van der Waals surface area contributed by atoms with E-state index in [0.717, 1.165) is 17.3 Å². The molecular formula is C24H29F3N6O2. The zero-order chi connectivity index (χ0) is 25.7. The Hall–Kier alpha value is -3.60. The van der Waals surface area contributed by atoms with Crippen molar-refractivity contribution in [3.8, 4) is 0 Å². The summed E-state index contributed by atoms with van der Waals surface area (Å²) in [6.07, 6.45) is 1.58. The molecule has 1 unspecified atom stereocenters. The van der Waals surface area contributed by atoms with E-state index in [4.69, 9.17) is 11.6 Å². The Bertz CT molecular complexity index is 1110. The molecule has 1 aliphatic rings. The fourth-order valence-electron chi connectivity index (χ4n) is 4.11. The van der Waals surface area contributed by atoms with E-state index in [0.29, 0.717) is 11.1 Å². The van der Waals surface area contributed by atoms with Crippen molar-refractivity contribution < 1.29 is 22.8 Å². The molecule has 35 heavy (non-hydrogen) atoms. The number of halogens is 3. The van der Waals surface area contributed by atoms with E-state index < -0.39 is 41.7 Å². The predicted octanol–water partition coefficient (Wildman–Crippen LogP) is 2.28. The molecule has 8 nitrogen and oxygen atoms in total. The molecule has 2 heterocycles. The summed E-state index contributed by atoms with van der Waals surface area (Å²) in [7, 11) is 0. The molecule has 1 aromatic carbocycles. The summed E-state index contributed by atoms with van der Waals surface area (Å²) in [6.45, 7) is 3.42. The zero-order valence-corrected chi connectivity index (χ0v) is 19.5. The summed E-state index contributed by atoms with van der Waals surface area (Å²) < 4.78 is 43.0. The SMILES string of the molecule is CC(C)c1ccc(C(NC(=O)[C@@H]2C[C@@H](F)CN2C(=O)C/C(=C/N)NN)c2cncc(F)c2)cc1F. The van der Waals surface area contributed by atoms with Gasteiger partial charge in [0.2, 0.25) is 11.8 Å². The number of nitrogens with one attached hydrogen (secondary N) is 2.